The van der Waals surface area contributed by atoms with E-state index < -0.39 is 0 Å². The van der Waals surface area contributed by atoms with E-state index in [1.807, 2.05) is 23.0 Å². The number of hydrogen-bond donors (Lipinski definition) is 1. The van der Waals surface area contributed by atoms with Gasteiger partial charge < -0.3 is 5.73 Å². The molecule has 0 atom stereocenters. The molecule has 0 spiro atoms. The predicted molar refractivity (Wildman–Crippen MR) is 71.2 cm³/mol. The van der Waals surface area contributed by atoms with Crippen molar-refractivity contribution < 1.29 is 0 Å². The van der Waals surface area contributed by atoms with E-state index in [4.69, 9.17) is 5.73 Å². The number of aryl methyl sites for hydroxylation is 1. The highest BCUT2D eigenvalue weighted by Gasteiger charge is 2.08. The number of hydrogen-bond acceptors (Lipinski definition) is 3. The van der Waals surface area contributed by atoms with Crippen LogP contribution in [0.2, 0.25) is 0 Å². The van der Waals surface area contributed by atoms with Crippen molar-refractivity contribution in [3.05, 3.63) is 40.3 Å². The molecule has 0 aliphatic heterocycles. The number of aromatic nitrogens is 3. The van der Waals surface area contributed by atoms with Gasteiger partial charge in [-0.15, -0.1) is 0 Å². The Labute approximate surface area is 109 Å². The molecule has 2 N–H and O–H groups in total. The first-order valence-corrected chi connectivity index (χ1v) is 6.37. The molecule has 2 aromatic rings. The number of nitrogens with zero attached hydrogens (tertiary/aromatic N) is 3. The summed E-state index contributed by atoms with van der Waals surface area (Å²) in [5.74, 6) is 0.838. The van der Waals surface area contributed by atoms with E-state index in [9.17, 15) is 0 Å². The van der Waals surface area contributed by atoms with Crippen molar-refractivity contribution >= 4 is 15.9 Å². The standard InChI is InChI=1S/C12H15BrN4/c1-9-10(3-2-6-14)7-16-17(9)12-5-4-11(13)8-15-12/h4-5,7-8H,2-3,6,14H2,1H3. The van der Waals surface area contributed by atoms with Crippen LogP contribution in [-0.4, -0.2) is 21.3 Å². The Hall–Kier alpha value is -1.20. The Balaban J connectivity index is 2.27. The average Bonchev–Trinajstić information content (AvgIpc) is 2.69. The largest absolute Gasteiger partial charge is 0.330 e. The normalized spacial score (nSPS) is 10.8. The highest BCUT2D eigenvalue weighted by atomic mass is 79.9. The lowest BCUT2D eigenvalue weighted by Crippen LogP contribution is -2.03. The maximum absolute atomic E-state index is 5.52. The van der Waals surface area contributed by atoms with E-state index >= 15 is 0 Å². The van der Waals surface area contributed by atoms with Crippen LogP contribution in [0.5, 0.6) is 0 Å². The highest BCUT2D eigenvalue weighted by Crippen LogP contribution is 2.15. The van der Waals surface area contributed by atoms with Crippen molar-refractivity contribution in [3.8, 4) is 5.82 Å². The molecule has 90 valence electrons. The maximum Gasteiger partial charge on any atom is 0.153 e. The molecule has 0 aliphatic rings. The third kappa shape index (κ3) is 2.73. The Morgan fingerprint density at radius 3 is 2.82 bits per heavy atom. The molecule has 0 aliphatic carbocycles. The van der Waals surface area contributed by atoms with Crippen molar-refractivity contribution in [2.75, 3.05) is 6.54 Å². The van der Waals surface area contributed by atoms with Crippen LogP contribution in [0.25, 0.3) is 5.82 Å². The minimum atomic E-state index is 0.709. The first-order valence-electron chi connectivity index (χ1n) is 5.58. The third-order valence-corrected chi connectivity index (χ3v) is 3.16. The first-order chi connectivity index (χ1) is 8.22. The molecule has 2 heterocycles. The van der Waals surface area contributed by atoms with E-state index in [1.165, 1.54) is 5.56 Å². The molecule has 4 nitrogen and oxygen atoms in total. The van der Waals surface area contributed by atoms with E-state index in [2.05, 4.69) is 32.9 Å². The van der Waals surface area contributed by atoms with Gasteiger partial charge in [-0.3, -0.25) is 0 Å². The minimum Gasteiger partial charge on any atom is -0.330 e. The lowest BCUT2D eigenvalue weighted by atomic mass is 10.1. The van der Waals surface area contributed by atoms with E-state index in [-0.39, 0.29) is 0 Å². The van der Waals surface area contributed by atoms with Crippen LogP contribution in [0, 0.1) is 6.92 Å². The Morgan fingerprint density at radius 1 is 1.35 bits per heavy atom. The van der Waals surface area contributed by atoms with Crippen LogP contribution in [0.4, 0.5) is 0 Å². The molecule has 0 saturated heterocycles. The van der Waals surface area contributed by atoms with Crippen LogP contribution in [0.3, 0.4) is 0 Å². The first kappa shape index (κ1) is 12.3. The van der Waals surface area contributed by atoms with Gasteiger partial charge >= 0.3 is 0 Å². The summed E-state index contributed by atoms with van der Waals surface area (Å²) >= 11 is 3.37. The maximum atomic E-state index is 5.52. The summed E-state index contributed by atoms with van der Waals surface area (Å²) in [6, 6.07) is 3.90. The second kappa shape index (κ2) is 5.42. The second-order valence-electron chi connectivity index (χ2n) is 3.89. The smallest absolute Gasteiger partial charge is 0.153 e. The molecule has 0 bridgehead atoms. The number of pyridine rings is 1. The van der Waals surface area contributed by atoms with Crippen LogP contribution < -0.4 is 5.73 Å². The van der Waals surface area contributed by atoms with E-state index in [0.29, 0.717) is 6.54 Å². The van der Waals surface area contributed by atoms with E-state index in [0.717, 1.165) is 28.8 Å². The van der Waals surface area contributed by atoms with Crippen LogP contribution in [0.1, 0.15) is 17.7 Å². The van der Waals surface area contributed by atoms with Crippen molar-refractivity contribution in [2.45, 2.75) is 19.8 Å². The molecule has 0 fully saturated rings. The predicted octanol–water partition coefficient (Wildman–Crippen LogP) is 2.23. The van der Waals surface area contributed by atoms with Gasteiger partial charge in [-0.2, -0.15) is 5.10 Å². The SMILES string of the molecule is Cc1c(CCCN)cnn1-c1ccc(Br)cn1. The molecular formula is C12H15BrN4. The van der Waals surface area contributed by atoms with Gasteiger partial charge in [0.25, 0.3) is 0 Å². The zero-order valence-electron chi connectivity index (χ0n) is 9.73. The average molecular weight is 295 g/mol. The Bertz CT molecular complexity index is 490. The van der Waals surface area contributed by atoms with Gasteiger partial charge in [0.15, 0.2) is 5.82 Å². The minimum absolute atomic E-state index is 0.709. The summed E-state index contributed by atoms with van der Waals surface area (Å²) in [6.45, 7) is 2.77. The summed E-state index contributed by atoms with van der Waals surface area (Å²) in [7, 11) is 0. The molecule has 5 heteroatoms. The van der Waals surface area contributed by atoms with Crippen molar-refractivity contribution in [1.82, 2.24) is 14.8 Å². The quantitative estimate of drug-likeness (QED) is 0.941. The third-order valence-electron chi connectivity index (χ3n) is 2.69. The van der Waals surface area contributed by atoms with Crippen LogP contribution in [-0.2, 0) is 6.42 Å². The fourth-order valence-corrected chi connectivity index (χ4v) is 1.94. The van der Waals surface area contributed by atoms with Gasteiger partial charge in [-0.05, 0) is 59.9 Å². The van der Waals surface area contributed by atoms with Gasteiger partial charge in [0.05, 0.1) is 6.20 Å². The highest BCUT2D eigenvalue weighted by molar-refractivity contribution is 9.10. The number of rotatable bonds is 4. The molecule has 0 amide bonds. The molecule has 2 rings (SSSR count). The second-order valence-corrected chi connectivity index (χ2v) is 4.81. The molecule has 2 aromatic heterocycles. The molecule has 0 saturated carbocycles. The fraction of sp³-hybridized carbons (Fsp3) is 0.333. The van der Waals surface area contributed by atoms with Gasteiger partial charge in [-0.1, -0.05) is 0 Å². The van der Waals surface area contributed by atoms with E-state index in [1.54, 1.807) is 6.20 Å². The van der Waals surface area contributed by atoms with Crippen LogP contribution in [0.15, 0.2) is 29.0 Å². The summed E-state index contributed by atoms with van der Waals surface area (Å²) < 4.78 is 2.83. The summed E-state index contributed by atoms with van der Waals surface area (Å²) in [6.07, 6.45) is 5.63. The van der Waals surface area contributed by atoms with Gasteiger partial charge in [0.1, 0.15) is 0 Å². The van der Waals surface area contributed by atoms with Crippen LogP contribution >= 0.6 is 15.9 Å². The molecule has 0 aromatic carbocycles. The monoisotopic (exact) mass is 294 g/mol. The molecular weight excluding hydrogens is 280 g/mol. The van der Waals surface area contributed by atoms with Crippen molar-refractivity contribution in [1.29, 1.82) is 0 Å². The fourth-order valence-electron chi connectivity index (χ4n) is 1.71. The summed E-state index contributed by atoms with van der Waals surface area (Å²) in [5, 5.41) is 4.37. The number of nitrogens with two attached hydrogens (primary N) is 1. The van der Waals surface area contributed by atoms with Gasteiger partial charge in [0, 0.05) is 16.4 Å². The molecule has 0 radical (unpaired) electrons. The summed E-state index contributed by atoms with van der Waals surface area (Å²) in [4.78, 5) is 4.33. The topological polar surface area (TPSA) is 56.7 Å². The summed E-state index contributed by atoms with van der Waals surface area (Å²) in [5.41, 5.74) is 7.89. The Morgan fingerprint density at radius 2 is 2.18 bits per heavy atom. The van der Waals surface area contributed by atoms with Crippen molar-refractivity contribution in [3.63, 3.8) is 0 Å². The van der Waals surface area contributed by atoms with Crippen molar-refractivity contribution in [2.24, 2.45) is 5.73 Å². The Kier molecular flexibility index (Phi) is 3.91. The van der Waals surface area contributed by atoms with Gasteiger partial charge in [0.2, 0.25) is 0 Å². The lowest BCUT2D eigenvalue weighted by molar-refractivity contribution is 0.801. The zero-order chi connectivity index (χ0) is 12.3. The lowest BCUT2D eigenvalue weighted by Gasteiger charge is -2.04. The number of halogens is 1. The van der Waals surface area contributed by atoms with Gasteiger partial charge in [-0.25, -0.2) is 9.67 Å². The zero-order valence-corrected chi connectivity index (χ0v) is 11.3. The molecule has 17 heavy (non-hydrogen) atoms. The molecule has 0 unspecified atom stereocenters.